The van der Waals surface area contributed by atoms with Crippen LogP contribution in [-0.2, 0) is 6.18 Å². The normalized spacial score (nSPS) is 11.5. The SMILES string of the molecule is Cc1nnc(-c2cc(C(F)(F)F)ccn2)nn1. The predicted octanol–water partition coefficient (Wildman–Crippen LogP) is 1.66. The molecule has 17 heavy (non-hydrogen) atoms. The monoisotopic (exact) mass is 241 g/mol. The molecule has 88 valence electrons. The summed E-state index contributed by atoms with van der Waals surface area (Å²) in [4.78, 5) is 3.75. The first-order chi connectivity index (χ1) is 7.97. The second-order valence-corrected chi connectivity index (χ2v) is 3.20. The van der Waals surface area contributed by atoms with Crippen LogP contribution in [0.2, 0.25) is 0 Å². The zero-order valence-corrected chi connectivity index (χ0v) is 8.60. The molecule has 2 aromatic rings. The summed E-state index contributed by atoms with van der Waals surface area (Å²) in [6, 6.07) is 1.73. The molecule has 2 rings (SSSR count). The van der Waals surface area contributed by atoms with Crippen LogP contribution in [-0.4, -0.2) is 25.4 Å². The molecule has 0 N–H and O–H groups in total. The minimum absolute atomic E-state index is 0.0141. The van der Waals surface area contributed by atoms with Gasteiger partial charge in [0, 0.05) is 6.20 Å². The smallest absolute Gasteiger partial charge is 0.253 e. The zero-order valence-electron chi connectivity index (χ0n) is 8.60. The average Bonchev–Trinajstić information content (AvgIpc) is 2.29. The Labute approximate surface area is 93.8 Å². The van der Waals surface area contributed by atoms with E-state index in [0.717, 1.165) is 18.3 Å². The van der Waals surface area contributed by atoms with E-state index in [1.165, 1.54) is 0 Å². The standard InChI is InChI=1S/C9H6F3N5/c1-5-14-16-8(17-15-5)7-4-6(2-3-13-7)9(10,11)12/h2-4H,1H3. The summed E-state index contributed by atoms with van der Waals surface area (Å²) in [5.41, 5.74) is -0.827. The van der Waals surface area contributed by atoms with Gasteiger partial charge in [-0.3, -0.25) is 4.98 Å². The van der Waals surface area contributed by atoms with Crippen molar-refractivity contribution in [3.8, 4) is 11.5 Å². The van der Waals surface area contributed by atoms with Crippen LogP contribution in [0.5, 0.6) is 0 Å². The summed E-state index contributed by atoms with van der Waals surface area (Å²) in [7, 11) is 0. The molecule has 0 radical (unpaired) electrons. The molecule has 2 heterocycles. The van der Waals surface area contributed by atoms with Crippen LogP contribution in [0, 0.1) is 6.92 Å². The first-order valence-corrected chi connectivity index (χ1v) is 4.54. The van der Waals surface area contributed by atoms with Gasteiger partial charge in [0.2, 0.25) is 5.82 Å². The van der Waals surface area contributed by atoms with Crippen molar-refractivity contribution in [2.45, 2.75) is 13.1 Å². The minimum atomic E-state index is -4.43. The van der Waals surface area contributed by atoms with Gasteiger partial charge in [-0.05, 0) is 19.1 Å². The van der Waals surface area contributed by atoms with Gasteiger partial charge in [-0.15, -0.1) is 20.4 Å². The molecule has 2 aromatic heterocycles. The van der Waals surface area contributed by atoms with Crippen molar-refractivity contribution in [3.05, 3.63) is 29.7 Å². The van der Waals surface area contributed by atoms with Crippen molar-refractivity contribution < 1.29 is 13.2 Å². The molecule has 8 heteroatoms. The van der Waals surface area contributed by atoms with Crippen LogP contribution in [0.3, 0.4) is 0 Å². The Morgan fingerprint density at radius 3 is 2.29 bits per heavy atom. The van der Waals surface area contributed by atoms with Gasteiger partial charge in [0.25, 0.3) is 0 Å². The molecular weight excluding hydrogens is 235 g/mol. The highest BCUT2D eigenvalue weighted by Gasteiger charge is 2.31. The third-order valence-electron chi connectivity index (χ3n) is 1.90. The summed E-state index contributed by atoms with van der Waals surface area (Å²) in [6.07, 6.45) is -3.38. The van der Waals surface area contributed by atoms with Crippen LogP contribution in [0.4, 0.5) is 13.2 Å². The van der Waals surface area contributed by atoms with E-state index < -0.39 is 11.7 Å². The van der Waals surface area contributed by atoms with Gasteiger partial charge in [-0.2, -0.15) is 13.2 Å². The maximum Gasteiger partial charge on any atom is 0.416 e. The molecule has 0 unspecified atom stereocenters. The van der Waals surface area contributed by atoms with Crippen molar-refractivity contribution in [1.29, 1.82) is 0 Å². The second kappa shape index (κ2) is 4.04. The molecule has 0 fully saturated rings. The number of hydrogen-bond donors (Lipinski definition) is 0. The van der Waals surface area contributed by atoms with E-state index in [2.05, 4.69) is 25.4 Å². The molecule has 0 saturated carbocycles. The molecular formula is C9H6F3N5. The lowest BCUT2D eigenvalue weighted by molar-refractivity contribution is -0.137. The number of pyridine rings is 1. The lowest BCUT2D eigenvalue weighted by atomic mass is 10.2. The highest BCUT2D eigenvalue weighted by atomic mass is 19.4. The Morgan fingerprint density at radius 2 is 1.71 bits per heavy atom. The molecule has 0 aliphatic rings. The Kier molecular flexibility index (Phi) is 2.70. The Balaban J connectivity index is 2.43. The van der Waals surface area contributed by atoms with E-state index >= 15 is 0 Å². The Morgan fingerprint density at radius 1 is 1.06 bits per heavy atom. The molecule has 0 amide bonds. The van der Waals surface area contributed by atoms with E-state index in [0.29, 0.717) is 5.82 Å². The number of halogens is 3. The van der Waals surface area contributed by atoms with Gasteiger partial charge < -0.3 is 0 Å². The number of aromatic nitrogens is 5. The summed E-state index contributed by atoms with van der Waals surface area (Å²) in [5, 5.41) is 14.4. The van der Waals surface area contributed by atoms with Gasteiger partial charge in [-0.25, -0.2) is 0 Å². The molecule has 5 nitrogen and oxygen atoms in total. The Bertz CT molecular complexity index is 523. The lowest BCUT2D eigenvalue weighted by Gasteiger charge is -2.06. The number of hydrogen-bond acceptors (Lipinski definition) is 5. The van der Waals surface area contributed by atoms with E-state index in [-0.39, 0.29) is 11.5 Å². The van der Waals surface area contributed by atoms with Gasteiger partial charge in [0.1, 0.15) is 5.69 Å². The molecule has 0 saturated heterocycles. The number of nitrogens with zero attached hydrogens (tertiary/aromatic N) is 5. The molecule has 0 atom stereocenters. The molecule has 0 bridgehead atoms. The molecule has 0 aromatic carbocycles. The number of aryl methyl sites for hydroxylation is 1. The van der Waals surface area contributed by atoms with Crippen molar-refractivity contribution in [2.24, 2.45) is 0 Å². The van der Waals surface area contributed by atoms with Gasteiger partial charge in [0.15, 0.2) is 5.82 Å². The van der Waals surface area contributed by atoms with E-state index in [1.807, 2.05) is 0 Å². The molecule has 0 aliphatic carbocycles. The van der Waals surface area contributed by atoms with Crippen LogP contribution in [0.25, 0.3) is 11.5 Å². The first kappa shape index (κ1) is 11.4. The van der Waals surface area contributed by atoms with E-state index in [9.17, 15) is 13.2 Å². The topological polar surface area (TPSA) is 64.5 Å². The largest absolute Gasteiger partial charge is 0.416 e. The summed E-state index contributed by atoms with van der Waals surface area (Å²) < 4.78 is 37.3. The predicted molar refractivity (Wildman–Crippen MR) is 50.6 cm³/mol. The number of alkyl halides is 3. The van der Waals surface area contributed by atoms with Crippen molar-refractivity contribution in [3.63, 3.8) is 0 Å². The summed E-state index contributed by atoms with van der Waals surface area (Å²) in [6.45, 7) is 1.57. The van der Waals surface area contributed by atoms with Gasteiger partial charge >= 0.3 is 6.18 Å². The van der Waals surface area contributed by atoms with Gasteiger partial charge in [0.05, 0.1) is 5.56 Å². The number of rotatable bonds is 1. The summed E-state index contributed by atoms with van der Waals surface area (Å²) in [5.74, 6) is 0.294. The quantitative estimate of drug-likeness (QED) is 0.759. The average molecular weight is 241 g/mol. The van der Waals surface area contributed by atoms with E-state index in [1.54, 1.807) is 6.92 Å². The fourth-order valence-electron chi connectivity index (χ4n) is 1.11. The van der Waals surface area contributed by atoms with Gasteiger partial charge in [-0.1, -0.05) is 0 Å². The van der Waals surface area contributed by atoms with Crippen molar-refractivity contribution in [2.75, 3.05) is 0 Å². The highest BCUT2D eigenvalue weighted by Crippen LogP contribution is 2.30. The van der Waals surface area contributed by atoms with Crippen LogP contribution < -0.4 is 0 Å². The Hall–Kier alpha value is -2.12. The second-order valence-electron chi connectivity index (χ2n) is 3.20. The maximum absolute atomic E-state index is 12.4. The van der Waals surface area contributed by atoms with Crippen molar-refractivity contribution in [1.82, 2.24) is 25.4 Å². The highest BCUT2D eigenvalue weighted by molar-refractivity contribution is 5.48. The van der Waals surface area contributed by atoms with Crippen LogP contribution >= 0.6 is 0 Å². The maximum atomic E-state index is 12.4. The summed E-state index contributed by atoms with van der Waals surface area (Å²) >= 11 is 0. The minimum Gasteiger partial charge on any atom is -0.253 e. The third-order valence-corrected chi connectivity index (χ3v) is 1.90. The third kappa shape index (κ3) is 2.52. The fraction of sp³-hybridized carbons (Fsp3) is 0.222. The van der Waals surface area contributed by atoms with Crippen molar-refractivity contribution >= 4 is 0 Å². The zero-order chi connectivity index (χ0) is 12.5. The molecule has 0 aliphatic heterocycles. The van der Waals surface area contributed by atoms with E-state index in [4.69, 9.17) is 0 Å². The fourth-order valence-corrected chi connectivity index (χ4v) is 1.11. The first-order valence-electron chi connectivity index (χ1n) is 4.54. The van der Waals surface area contributed by atoms with Crippen LogP contribution in [0.15, 0.2) is 18.3 Å². The lowest BCUT2D eigenvalue weighted by Crippen LogP contribution is -2.06. The van der Waals surface area contributed by atoms with Crippen LogP contribution in [0.1, 0.15) is 11.4 Å². The molecule has 0 spiro atoms.